The van der Waals surface area contributed by atoms with E-state index in [4.69, 9.17) is 5.73 Å². The largest absolute Gasteiger partial charge is 0.325 e. The third kappa shape index (κ3) is 1.27. The van der Waals surface area contributed by atoms with E-state index in [1.54, 1.807) is 6.42 Å². The first-order valence-electron chi connectivity index (χ1n) is 7.53. The topological polar surface area (TPSA) is 26.0 Å². The van der Waals surface area contributed by atoms with Crippen LogP contribution in [0.2, 0.25) is 0 Å². The minimum Gasteiger partial charge on any atom is -0.325 e. The maximum absolute atomic E-state index is 6.78. The lowest BCUT2D eigenvalue weighted by atomic mass is 9.48. The van der Waals surface area contributed by atoms with Gasteiger partial charge in [-0.2, -0.15) is 0 Å². The molecule has 5 saturated carbocycles. The summed E-state index contributed by atoms with van der Waals surface area (Å²) in [5.41, 5.74) is 7.05. The fourth-order valence-electron chi connectivity index (χ4n) is 6.23. The van der Waals surface area contributed by atoms with Gasteiger partial charge in [0.2, 0.25) is 0 Å². The summed E-state index contributed by atoms with van der Waals surface area (Å²) < 4.78 is 0. The normalized spacial score (nSPS) is 53.4. The molecule has 0 spiro atoms. The molecule has 5 aliphatic rings. The minimum absolute atomic E-state index is 0.266. The first-order valence-corrected chi connectivity index (χ1v) is 7.53. The van der Waals surface area contributed by atoms with E-state index in [9.17, 15) is 0 Å². The van der Waals surface area contributed by atoms with E-state index in [2.05, 4.69) is 0 Å². The molecule has 5 rings (SSSR count). The van der Waals surface area contributed by atoms with E-state index < -0.39 is 0 Å². The predicted octanol–water partition coefficient (Wildman–Crippen LogP) is 3.33. The Hall–Kier alpha value is -0.0400. The van der Waals surface area contributed by atoms with Crippen molar-refractivity contribution in [3.05, 3.63) is 0 Å². The highest BCUT2D eigenvalue weighted by atomic mass is 14.8. The molecule has 1 nitrogen and oxygen atoms in total. The molecule has 5 fully saturated rings. The minimum atomic E-state index is 0.266. The molecule has 0 aliphatic heterocycles. The molecule has 4 bridgehead atoms. The lowest BCUT2D eigenvalue weighted by Gasteiger charge is -2.58. The number of hydrogen-bond donors (Lipinski definition) is 1. The van der Waals surface area contributed by atoms with Crippen LogP contribution in [0.3, 0.4) is 0 Å². The van der Waals surface area contributed by atoms with E-state index in [1.807, 2.05) is 0 Å². The second-order valence-electron chi connectivity index (χ2n) is 7.40. The van der Waals surface area contributed by atoms with Crippen molar-refractivity contribution in [3.8, 4) is 0 Å². The van der Waals surface area contributed by atoms with E-state index >= 15 is 0 Å². The van der Waals surface area contributed by atoms with Crippen LogP contribution in [0.1, 0.15) is 57.8 Å². The van der Waals surface area contributed by atoms with Crippen molar-refractivity contribution in [1.29, 1.82) is 0 Å². The molecule has 0 heterocycles. The highest BCUT2D eigenvalue weighted by molar-refractivity contribution is 5.08. The van der Waals surface area contributed by atoms with Gasteiger partial charge in [0.05, 0.1) is 0 Å². The van der Waals surface area contributed by atoms with Gasteiger partial charge in [-0.15, -0.1) is 0 Å². The summed E-state index contributed by atoms with van der Waals surface area (Å²) in [5, 5.41) is 0. The Morgan fingerprint density at radius 3 is 1.75 bits per heavy atom. The molecular formula is C15H25N. The zero-order valence-corrected chi connectivity index (χ0v) is 10.3. The fourth-order valence-corrected chi connectivity index (χ4v) is 6.23. The van der Waals surface area contributed by atoms with E-state index in [1.165, 1.54) is 51.4 Å². The molecule has 0 radical (unpaired) electrons. The van der Waals surface area contributed by atoms with Crippen LogP contribution in [-0.2, 0) is 0 Å². The zero-order chi connectivity index (χ0) is 10.8. The van der Waals surface area contributed by atoms with Gasteiger partial charge in [-0.25, -0.2) is 0 Å². The van der Waals surface area contributed by atoms with Crippen LogP contribution in [0.4, 0.5) is 0 Å². The van der Waals surface area contributed by atoms with E-state index in [0.29, 0.717) is 0 Å². The van der Waals surface area contributed by atoms with Crippen LogP contribution in [0.15, 0.2) is 0 Å². The third-order valence-corrected chi connectivity index (χ3v) is 6.43. The summed E-state index contributed by atoms with van der Waals surface area (Å²) in [6, 6.07) is 0. The molecule has 0 unspecified atom stereocenters. The zero-order valence-electron chi connectivity index (χ0n) is 10.3. The molecule has 16 heavy (non-hydrogen) atoms. The van der Waals surface area contributed by atoms with Crippen LogP contribution in [0.5, 0.6) is 0 Å². The fraction of sp³-hybridized carbons (Fsp3) is 1.00. The second-order valence-corrected chi connectivity index (χ2v) is 7.40. The summed E-state index contributed by atoms with van der Waals surface area (Å²) in [6.07, 6.45) is 13.2. The maximum Gasteiger partial charge on any atom is 0.0188 e. The van der Waals surface area contributed by atoms with Crippen molar-refractivity contribution < 1.29 is 0 Å². The first-order chi connectivity index (χ1) is 7.74. The Morgan fingerprint density at radius 2 is 1.25 bits per heavy atom. The number of nitrogens with two attached hydrogens (primary N) is 1. The summed E-state index contributed by atoms with van der Waals surface area (Å²) in [4.78, 5) is 0. The molecule has 0 aromatic heterocycles. The highest BCUT2D eigenvalue weighted by Crippen LogP contribution is 2.60. The molecule has 0 aromatic rings. The summed E-state index contributed by atoms with van der Waals surface area (Å²) in [6.45, 7) is 0. The van der Waals surface area contributed by atoms with Crippen molar-refractivity contribution in [2.45, 2.75) is 63.3 Å². The smallest absolute Gasteiger partial charge is 0.0188 e. The molecule has 0 saturated heterocycles. The van der Waals surface area contributed by atoms with Gasteiger partial charge in [0.25, 0.3) is 0 Å². The average Bonchev–Trinajstić information content (AvgIpc) is 2.64. The van der Waals surface area contributed by atoms with Gasteiger partial charge in [-0.05, 0) is 74.5 Å². The van der Waals surface area contributed by atoms with Crippen molar-refractivity contribution >= 4 is 0 Å². The average molecular weight is 219 g/mol. The molecular weight excluding hydrogens is 194 g/mol. The molecule has 2 N–H and O–H groups in total. The quantitative estimate of drug-likeness (QED) is 0.719. The highest BCUT2D eigenvalue weighted by Gasteiger charge is 2.54. The van der Waals surface area contributed by atoms with Crippen LogP contribution >= 0.6 is 0 Å². The van der Waals surface area contributed by atoms with Gasteiger partial charge in [0.15, 0.2) is 0 Å². The summed E-state index contributed by atoms with van der Waals surface area (Å²) in [5.74, 6) is 5.18. The monoisotopic (exact) mass is 219 g/mol. The molecule has 5 aliphatic carbocycles. The number of hydrogen-bond acceptors (Lipinski definition) is 1. The lowest BCUT2D eigenvalue weighted by molar-refractivity contribution is -0.0685. The lowest BCUT2D eigenvalue weighted by Crippen LogP contribution is -2.57. The Balaban J connectivity index is 1.64. The van der Waals surface area contributed by atoms with Gasteiger partial charge in [0.1, 0.15) is 0 Å². The van der Waals surface area contributed by atoms with Crippen LogP contribution in [-0.4, -0.2) is 5.54 Å². The standard InChI is InChI=1S/C15H25N/c16-15(3-1-2-4-15)14-12-6-10-5-11(8-12)9-13(14)7-10/h10-14H,1-9,16H2. The van der Waals surface area contributed by atoms with Crippen molar-refractivity contribution in [3.63, 3.8) is 0 Å². The summed E-state index contributed by atoms with van der Waals surface area (Å²) in [7, 11) is 0. The summed E-state index contributed by atoms with van der Waals surface area (Å²) >= 11 is 0. The Bertz CT molecular complexity index is 262. The third-order valence-electron chi connectivity index (χ3n) is 6.43. The van der Waals surface area contributed by atoms with Gasteiger partial charge in [-0.1, -0.05) is 12.8 Å². The van der Waals surface area contributed by atoms with E-state index in [-0.39, 0.29) is 5.54 Å². The van der Waals surface area contributed by atoms with Crippen LogP contribution in [0, 0.1) is 29.6 Å². The maximum atomic E-state index is 6.78. The van der Waals surface area contributed by atoms with Gasteiger partial charge in [-0.3, -0.25) is 0 Å². The Morgan fingerprint density at radius 1 is 0.750 bits per heavy atom. The van der Waals surface area contributed by atoms with Gasteiger partial charge < -0.3 is 5.73 Å². The molecule has 0 atom stereocenters. The Labute approximate surface area is 99.2 Å². The molecule has 1 heteroatoms. The Kier molecular flexibility index (Phi) is 2.02. The van der Waals surface area contributed by atoms with Crippen molar-refractivity contribution in [2.24, 2.45) is 35.3 Å². The predicted molar refractivity (Wildman–Crippen MR) is 65.9 cm³/mol. The molecule has 90 valence electrons. The van der Waals surface area contributed by atoms with E-state index in [0.717, 1.165) is 29.6 Å². The van der Waals surface area contributed by atoms with Crippen LogP contribution in [0.25, 0.3) is 0 Å². The first kappa shape index (κ1) is 9.94. The van der Waals surface area contributed by atoms with Crippen molar-refractivity contribution in [1.82, 2.24) is 0 Å². The van der Waals surface area contributed by atoms with Crippen LogP contribution < -0.4 is 5.73 Å². The van der Waals surface area contributed by atoms with Gasteiger partial charge in [0, 0.05) is 5.54 Å². The van der Waals surface area contributed by atoms with Gasteiger partial charge >= 0.3 is 0 Å². The molecule has 0 amide bonds. The molecule has 0 aromatic carbocycles. The SMILES string of the molecule is NC1(C2C3CC4CC(C3)CC2C4)CCCC1. The number of rotatable bonds is 1. The second kappa shape index (κ2) is 3.25. The van der Waals surface area contributed by atoms with Crippen molar-refractivity contribution in [2.75, 3.05) is 0 Å².